The predicted molar refractivity (Wildman–Crippen MR) is 100 cm³/mol. The summed E-state index contributed by atoms with van der Waals surface area (Å²) in [6.45, 7) is 9.75. The second kappa shape index (κ2) is 9.97. The summed E-state index contributed by atoms with van der Waals surface area (Å²) in [7, 11) is 0. The molecule has 0 saturated heterocycles. The first-order valence-electron chi connectivity index (χ1n) is 8.11. The van der Waals surface area contributed by atoms with Crippen molar-refractivity contribution in [3.05, 3.63) is 0 Å². The molecule has 0 fully saturated rings. The van der Waals surface area contributed by atoms with E-state index in [-0.39, 0.29) is 0 Å². The summed E-state index contributed by atoms with van der Waals surface area (Å²) >= 11 is 2.79. The fraction of sp³-hybridized carbons (Fsp3) is 1.00. The fourth-order valence-electron chi connectivity index (χ4n) is 2.25. The van der Waals surface area contributed by atoms with E-state index in [1.807, 2.05) is 0 Å². The molecule has 0 aromatic carbocycles. The van der Waals surface area contributed by atoms with Crippen molar-refractivity contribution in [3.63, 3.8) is 0 Å². The molecule has 0 saturated carbocycles. The SMILES string of the molecule is CCCCCCCCCCCCP(C)(C)(I)CC. The van der Waals surface area contributed by atoms with Crippen LogP contribution >= 0.6 is 26.3 Å². The van der Waals surface area contributed by atoms with Gasteiger partial charge in [-0.1, -0.05) is 0 Å². The van der Waals surface area contributed by atoms with Crippen LogP contribution in [0.25, 0.3) is 0 Å². The van der Waals surface area contributed by atoms with E-state index in [0.717, 1.165) is 0 Å². The van der Waals surface area contributed by atoms with Gasteiger partial charge in [-0.05, 0) is 0 Å². The molecule has 0 radical (unpaired) electrons. The molecule has 0 aliphatic carbocycles. The monoisotopic (exact) mass is 386 g/mol. The molecule has 0 aromatic heterocycles. The van der Waals surface area contributed by atoms with Crippen LogP contribution in [0.15, 0.2) is 0 Å². The Morgan fingerprint density at radius 2 is 1.06 bits per heavy atom. The summed E-state index contributed by atoms with van der Waals surface area (Å²) in [6.07, 6.45) is 17.5. The summed E-state index contributed by atoms with van der Waals surface area (Å²) in [5, 5.41) is 0. The van der Waals surface area contributed by atoms with Crippen LogP contribution in [-0.2, 0) is 0 Å². The van der Waals surface area contributed by atoms with Gasteiger partial charge >= 0.3 is 130 Å². The van der Waals surface area contributed by atoms with Crippen LogP contribution < -0.4 is 0 Å². The van der Waals surface area contributed by atoms with Crippen LogP contribution in [0.2, 0.25) is 0 Å². The third kappa shape index (κ3) is 12.2. The van der Waals surface area contributed by atoms with Gasteiger partial charge in [0.25, 0.3) is 0 Å². The standard InChI is InChI=1S/C16H36IP/c1-5-7-8-9-10-11-12-13-14-15-16-18(3,4,17)6-2/h5-16H2,1-4H3. The van der Waals surface area contributed by atoms with Gasteiger partial charge in [-0.25, -0.2) is 0 Å². The molecule has 0 nitrogen and oxygen atoms in total. The molecule has 0 aliphatic heterocycles. The zero-order valence-corrected chi connectivity index (χ0v) is 16.4. The zero-order valence-electron chi connectivity index (χ0n) is 13.3. The van der Waals surface area contributed by atoms with Crippen molar-refractivity contribution in [2.75, 3.05) is 25.7 Å². The normalized spacial score (nSPS) is 14.4. The van der Waals surface area contributed by atoms with Gasteiger partial charge in [0.2, 0.25) is 0 Å². The molecular weight excluding hydrogens is 350 g/mol. The Balaban J connectivity index is 3.27. The van der Waals surface area contributed by atoms with Gasteiger partial charge in [-0.2, -0.15) is 0 Å². The van der Waals surface area contributed by atoms with Gasteiger partial charge in [0.15, 0.2) is 0 Å². The van der Waals surface area contributed by atoms with E-state index >= 15 is 0 Å². The van der Waals surface area contributed by atoms with E-state index in [9.17, 15) is 0 Å². The van der Waals surface area contributed by atoms with Crippen LogP contribution in [0.1, 0.15) is 78.1 Å². The van der Waals surface area contributed by atoms with E-state index in [4.69, 9.17) is 0 Å². The predicted octanol–water partition coefficient (Wildman–Crippen LogP) is 7.09. The fourth-order valence-corrected chi connectivity index (χ4v) is 4.78. The topological polar surface area (TPSA) is 0 Å². The first kappa shape index (κ1) is 19.2. The molecule has 18 heavy (non-hydrogen) atoms. The Morgan fingerprint density at radius 3 is 1.44 bits per heavy atom. The molecule has 0 bridgehead atoms. The average molecular weight is 386 g/mol. The third-order valence-corrected chi connectivity index (χ3v) is 11.3. The Hall–Kier alpha value is 1.16. The summed E-state index contributed by atoms with van der Waals surface area (Å²) in [5.74, 6) is 0. The Bertz CT molecular complexity index is 193. The Labute approximate surface area is 129 Å². The molecule has 2 heteroatoms. The van der Waals surface area contributed by atoms with Crippen molar-refractivity contribution < 1.29 is 0 Å². The number of rotatable bonds is 12. The molecule has 0 unspecified atom stereocenters. The summed E-state index contributed by atoms with van der Waals surface area (Å²) in [6, 6.07) is 0. The van der Waals surface area contributed by atoms with Crippen molar-refractivity contribution in [3.8, 4) is 0 Å². The van der Waals surface area contributed by atoms with Crippen LogP contribution in [0, 0.1) is 0 Å². The molecular formula is C16H36IP. The number of unbranched alkanes of at least 4 members (excludes halogenated alkanes) is 9. The van der Waals surface area contributed by atoms with Crippen LogP contribution in [-0.4, -0.2) is 25.7 Å². The van der Waals surface area contributed by atoms with Crippen molar-refractivity contribution in [2.45, 2.75) is 78.1 Å². The molecule has 0 aromatic rings. The minimum atomic E-state index is -1.26. The number of halogens is 1. The number of hydrogen-bond acceptors (Lipinski definition) is 0. The van der Waals surface area contributed by atoms with Gasteiger partial charge in [0.05, 0.1) is 0 Å². The molecule has 0 atom stereocenters. The molecule has 0 N–H and O–H groups in total. The van der Waals surface area contributed by atoms with Crippen LogP contribution in [0.5, 0.6) is 0 Å². The molecule has 0 spiro atoms. The van der Waals surface area contributed by atoms with E-state index in [1.54, 1.807) is 0 Å². The Kier molecular flexibility index (Phi) is 10.6. The van der Waals surface area contributed by atoms with Crippen molar-refractivity contribution in [1.29, 1.82) is 0 Å². The second-order valence-electron chi connectivity index (χ2n) is 6.73. The first-order valence-corrected chi connectivity index (χ1v) is 14.4. The third-order valence-electron chi connectivity index (χ3n) is 4.18. The van der Waals surface area contributed by atoms with Gasteiger partial charge in [0, 0.05) is 0 Å². The molecule has 0 aliphatic rings. The van der Waals surface area contributed by atoms with E-state index in [0.29, 0.717) is 0 Å². The molecule has 0 amide bonds. The van der Waals surface area contributed by atoms with Gasteiger partial charge in [-0.15, -0.1) is 0 Å². The molecule has 0 heterocycles. The molecule has 0 rings (SSSR count). The average Bonchev–Trinajstić information content (AvgIpc) is 2.31. The maximum absolute atomic E-state index is 2.79. The van der Waals surface area contributed by atoms with E-state index < -0.39 is 4.25 Å². The van der Waals surface area contributed by atoms with Crippen LogP contribution in [0.4, 0.5) is 0 Å². The van der Waals surface area contributed by atoms with Gasteiger partial charge in [-0.3, -0.25) is 0 Å². The van der Waals surface area contributed by atoms with Crippen molar-refractivity contribution >= 4 is 26.3 Å². The van der Waals surface area contributed by atoms with Gasteiger partial charge < -0.3 is 0 Å². The summed E-state index contributed by atoms with van der Waals surface area (Å²) < 4.78 is -1.26. The molecule has 112 valence electrons. The second-order valence-corrected chi connectivity index (χ2v) is 22.7. The van der Waals surface area contributed by atoms with E-state index in [1.165, 1.54) is 76.5 Å². The van der Waals surface area contributed by atoms with Crippen molar-refractivity contribution in [1.82, 2.24) is 0 Å². The van der Waals surface area contributed by atoms with Crippen molar-refractivity contribution in [2.24, 2.45) is 0 Å². The first-order chi connectivity index (χ1) is 8.39. The van der Waals surface area contributed by atoms with Crippen LogP contribution in [0.3, 0.4) is 0 Å². The minimum absolute atomic E-state index is 1.26. The summed E-state index contributed by atoms with van der Waals surface area (Å²) in [4.78, 5) is 0. The maximum atomic E-state index is 2.79. The van der Waals surface area contributed by atoms with E-state index in [2.05, 4.69) is 49.2 Å². The summed E-state index contributed by atoms with van der Waals surface area (Å²) in [5.41, 5.74) is 0. The quantitative estimate of drug-likeness (QED) is 0.191. The Morgan fingerprint density at radius 1 is 0.667 bits per heavy atom. The number of hydrogen-bond donors (Lipinski definition) is 0. The van der Waals surface area contributed by atoms with Gasteiger partial charge in [0.1, 0.15) is 0 Å². The zero-order chi connectivity index (χ0) is 13.9.